The van der Waals surface area contributed by atoms with Crippen LogP contribution in [0.15, 0.2) is 39.8 Å². The minimum Gasteiger partial charge on any atom is -0.496 e. The minimum atomic E-state index is -1.16. The third kappa shape index (κ3) is 5.39. The topological polar surface area (TPSA) is 210 Å². The number of methoxy groups -OCH3 is 1. The molecule has 1 aromatic rings. The molecule has 5 unspecified atom stereocenters. The number of aliphatic hydroxyl groups excluding tert-OH is 1. The fraction of sp³-hybridized carbons (Fsp3) is 0.471. The SMILES string of the molecule is CCOC(=O)C1=C(C=O)C(=CC[NH+]2C=CNC2[NH+]2CN=C3C(=O)NC(=N)N=C32)c2c(OC)c3c(c(CO)c2O1)OC(C(C)(O)C1CCCC1)C3. The summed E-state index contributed by atoms with van der Waals surface area (Å²) in [5.74, 6) is -0.785. The normalized spacial score (nSPS) is 27.3. The van der Waals surface area contributed by atoms with E-state index in [2.05, 4.69) is 20.6 Å². The number of amidine groups is 1. The van der Waals surface area contributed by atoms with Gasteiger partial charge in [0.2, 0.25) is 17.4 Å². The fourth-order valence-electron chi connectivity index (χ4n) is 7.90. The quantitative estimate of drug-likeness (QED) is 0.108. The number of guanidine groups is 1. The second-order valence-corrected chi connectivity index (χ2v) is 13.2. The van der Waals surface area contributed by atoms with Crippen LogP contribution in [0.2, 0.25) is 0 Å². The molecule has 1 amide bonds. The summed E-state index contributed by atoms with van der Waals surface area (Å²) in [4.78, 5) is 48.7. The van der Waals surface area contributed by atoms with Gasteiger partial charge in [-0.1, -0.05) is 12.8 Å². The lowest BCUT2D eigenvalue weighted by molar-refractivity contribution is -1.05. The van der Waals surface area contributed by atoms with Gasteiger partial charge in [-0.15, -0.1) is 0 Å². The Labute approximate surface area is 287 Å². The van der Waals surface area contributed by atoms with Gasteiger partial charge < -0.3 is 29.2 Å². The summed E-state index contributed by atoms with van der Waals surface area (Å²) in [7, 11) is 1.49. The van der Waals surface area contributed by atoms with E-state index >= 15 is 0 Å². The summed E-state index contributed by atoms with van der Waals surface area (Å²) in [6.45, 7) is 3.41. The number of hydrogen-bond donors (Lipinski definition) is 7. The molecule has 1 aromatic carbocycles. The first-order valence-corrected chi connectivity index (χ1v) is 16.8. The molecule has 50 heavy (non-hydrogen) atoms. The number of rotatable bonds is 10. The van der Waals surface area contributed by atoms with Gasteiger partial charge in [0.1, 0.15) is 41.7 Å². The van der Waals surface area contributed by atoms with Crippen LogP contribution in [-0.2, 0) is 32.1 Å². The maximum atomic E-state index is 13.3. The van der Waals surface area contributed by atoms with Gasteiger partial charge in [0.05, 0.1) is 43.2 Å². The Morgan fingerprint density at radius 3 is 2.76 bits per heavy atom. The van der Waals surface area contributed by atoms with Gasteiger partial charge in [0.25, 0.3) is 11.7 Å². The van der Waals surface area contributed by atoms with Crippen molar-refractivity contribution in [2.45, 2.75) is 70.6 Å². The molecule has 0 bridgehead atoms. The van der Waals surface area contributed by atoms with Crippen LogP contribution in [0.1, 0.15) is 56.2 Å². The summed E-state index contributed by atoms with van der Waals surface area (Å²) in [6, 6.07) is 0. The van der Waals surface area contributed by atoms with Crippen LogP contribution < -0.4 is 34.6 Å². The monoisotopic (exact) mass is 691 g/mol. The van der Waals surface area contributed by atoms with Gasteiger partial charge in [-0.25, -0.2) is 14.7 Å². The number of carbonyl (C=O) groups is 3. The number of aliphatic imine (C=N–C) groups is 2. The van der Waals surface area contributed by atoms with Crippen LogP contribution in [0, 0.1) is 11.3 Å². The zero-order valence-corrected chi connectivity index (χ0v) is 28.1. The lowest BCUT2D eigenvalue weighted by atomic mass is 9.81. The zero-order chi connectivity index (χ0) is 35.3. The Balaban J connectivity index is 1.31. The summed E-state index contributed by atoms with van der Waals surface area (Å²) >= 11 is 0. The highest BCUT2D eigenvalue weighted by Gasteiger charge is 2.49. The van der Waals surface area contributed by atoms with Gasteiger partial charge in [-0.2, -0.15) is 9.89 Å². The van der Waals surface area contributed by atoms with E-state index in [1.165, 1.54) is 7.11 Å². The summed E-state index contributed by atoms with van der Waals surface area (Å²) in [6.07, 6.45) is 9.05. The van der Waals surface area contributed by atoms with Crippen LogP contribution in [-0.4, -0.2) is 90.8 Å². The van der Waals surface area contributed by atoms with Crippen molar-refractivity contribution in [3.8, 4) is 17.2 Å². The molecule has 7 N–H and O–H groups in total. The number of hydrogen-bond acceptors (Lipinski definition) is 12. The third-order valence-corrected chi connectivity index (χ3v) is 10.4. The van der Waals surface area contributed by atoms with E-state index in [0.717, 1.165) is 35.5 Å². The molecule has 0 aromatic heterocycles. The molecular weight excluding hydrogens is 650 g/mol. The molecule has 0 spiro atoms. The largest absolute Gasteiger partial charge is 0.496 e. The van der Waals surface area contributed by atoms with E-state index in [1.807, 2.05) is 6.20 Å². The molecule has 16 nitrogen and oxygen atoms in total. The first-order valence-electron chi connectivity index (χ1n) is 16.8. The lowest BCUT2D eigenvalue weighted by Gasteiger charge is -2.35. The zero-order valence-electron chi connectivity index (χ0n) is 28.1. The Hall–Kier alpha value is -4.90. The van der Waals surface area contributed by atoms with Crippen LogP contribution in [0.5, 0.6) is 17.2 Å². The Bertz CT molecular complexity index is 1820. The van der Waals surface area contributed by atoms with Crippen molar-refractivity contribution in [3.05, 3.63) is 46.5 Å². The molecule has 6 aliphatic rings. The Kier molecular flexibility index (Phi) is 8.80. The van der Waals surface area contributed by atoms with Crippen molar-refractivity contribution in [2.75, 3.05) is 26.9 Å². The maximum absolute atomic E-state index is 13.3. The van der Waals surface area contributed by atoms with Gasteiger partial charge in [-0.3, -0.25) is 25.6 Å². The first-order chi connectivity index (χ1) is 24.1. The van der Waals surface area contributed by atoms with Crippen molar-refractivity contribution in [3.63, 3.8) is 0 Å². The maximum Gasteiger partial charge on any atom is 0.375 e. The van der Waals surface area contributed by atoms with Gasteiger partial charge in [-0.05, 0) is 38.7 Å². The van der Waals surface area contributed by atoms with Crippen LogP contribution in [0.25, 0.3) is 5.57 Å². The van der Waals surface area contributed by atoms with E-state index in [0.29, 0.717) is 40.3 Å². The average molecular weight is 692 g/mol. The van der Waals surface area contributed by atoms with Crippen molar-refractivity contribution < 1.29 is 53.3 Å². The number of nitrogens with one attached hydrogen (secondary N) is 5. The molecular formula is C34H41N7O9+2. The minimum absolute atomic E-state index is 0.0310. The Morgan fingerprint density at radius 1 is 1.28 bits per heavy atom. The number of benzene rings is 1. The fourth-order valence-corrected chi connectivity index (χ4v) is 7.90. The number of carbonyl (C=O) groups excluding carboxylic acids is 3. The number of aliphatic hydroxyl groups is 2. The van der Waals surface area contributed by atoms with Crippen molar-refractivity contribution in [2.24, 2.45) is 15.9 Å². The molecule has 0 saturated heterocycles. The number of amides is 1. The summed E-state index contributed by atoms with van der Waals surface area (Å²) in [5, 5.41) is 36.1. The lowest BCUT2D eigenvalue weighted by Crippen LogP contribution is -3.36. The summed E-state index contributed by atoms with van der Waals surface area (Å²) < 4.78 is 23.9. The number of nitrogens with zero attached hydrogens (tertiary/aromatic N) is 2. The standard InChI is InChI=1S/C34H39N7O9/c1-4-48-31(45)28-20(14-42)18(9-11-40-12-10-36-33(40)41-16-37-24-29(41)38-32(35)39-30(24)44)23-26(47-3)19-13-22(34(2,46)17-7-5-6-8-17)49-25(19)21(15-43)27(23)50-28/h9-10,12,14,17,22,33,36,43,46H,4-8,11,13,15-16H2,1-3H3,(H2,35,39,44)/p+2. The number of esters is 1. The van der Waals surface area contributed by atoms with Crippen molar-refractivity contribution in [1.82, 2.24) is 10.6 Å². The predicted molar refractivity (Wildman–Crippen MR) is 176 cm³/mol. The highest BCUT2D eigenvalue weighted by atomic mass is 16.6. The number of quaternary nitrogens is 2. The molecule has 1 aliphatic carbocycles. The number of ether oxygens (including phenoxy) is 4. The molecule has 5 atom stereocenters. The second kappa shape index (κ2) is 13.1. The van der Waals surface area contributed by atoms with E-state index in [9.17, 15) is 24.6 Å². The average Bonchev–Trinajstić information content (AvgIpc) is 3.92. The molecule has 7 rings (SSSR count). The van der Waals surface area contributed by atoms with Crippen LogP contribution >= 0.6 is 0 Å². The molecule has 16 heteroatoms. The molecule has 0 radical (unpaired) electrons. The smallest absolute Gasteiger partial charge is 0.375 e. The summed E-state index contributed by atoms with van der Waals surface area (Å²) in [5.41, 5.74) is 0.533. The van der Waals surface area contributed by atoms with Crippen molar-refractivity contribution >= 4 is 41.2 Å². The number of fused-ring (bicyclic) bond motifs is 3. The van der Waals surface area contributed by atoms with Crippen molar-refractivity contribution in [1.29, 1.82) is 5.41 Å². The van der Waals surface area contributed by atoms with Gasteiger partial charge in [0, 0.05) is 17.6 Å². The number of allylic oxidation sites excluding steroid dienone is 2. The molecule has 5 aliphatic heterocycles. The van der Waals surface area contributed by atoms with Gasteiger partial charge >= 0.3 is 12.3 Å². The third-order valence-electron chi connectivity index (χ3n) is 10.4. The number of aldehydes is 1. The first kappa shape index (κ1) is 33.6. The predicted octanol–water partition coefficient (Wildman–Crippen LogP) is -1.77. The van der Waals surface area contributed by atoms with Crippen LogP contribution in [0.3, 0.4) is 0 Å². The second-order valence-electron chi connectivity index (χ2n) is 13.2. The van der Waals surface area contributed by atoms with E-state index < -0.39 is 36.5 Å². The highest BCUT2D eigenvalue weighted by molar-refractivity contribution is 6.68. The van der Waals surface area contributed by atoms with E-state index in [4.69, 9.17) is 24.4 Å². The molecule has 1 fully saturated rings. The van der Waals surface area contributed by atoms with Crippen LogP contribution in [0.4, 0.5) is 0 Å². The van der Waals surface area contributed by atoms with Gasteiger partial charge in [0.15, 0.2) is 13.0 Å². The molecule has 5 heterocycles. The van der Waals surface area contributed by atoms with E-state index in [-0.39, 0.29) is 66.5 Å². The molecule has 264 valence electrons. The highest BCUT2D eigenvalue weighted by Crippen LogP contribution is 2.55. The van der Waals surface area contributed by atoms with E-state index in [1.54, 1.807) is 26.1 Å². The molecule has 1 saturated carbocycles. The Morgan fingerprint density at radius 2 is 2.06 bits per heavy atom.